The first kappa shape index (κ1) is 14.1. The number of pyridine rings is 1. The van der Waals surface area contributed by atoms with Gasteiger partial charge in [-0.25, -0.2) is 4.98 Å². The van der Waals surface area contributed by atoms with Gasteiger partial charge in [-0.2, -0.15) is 0 Å². The minimum absolute atomic E-state index is 0.0254. The first-order valence-electron chi connectivity index (χ1n) is 6.44. The lowest BCUT2D eigenvalue weighted by molar-refractivity contribution is 0.0542. The van der Waals surface area contributed by atoms with Gasteiger partial charge in [0.15, 0.2) is 0 Å². The first-order valence-corrected chi connectivity index (χ1v) is 6.81. The molecular weight excluding hydrogens is 264 g/mol. The van der Waals surface area contributed by atoms with E-state index in [0.717, 1.165) is 26.1 Å². The van der Waals surface area contributed by atoms with Crippen molar-refractivity contribution >= 4 is 23.3 Å². The van der Waals surface area contributed by atoms with Crippen molar-refractivity contribution in [2.75, 3.05) is 32.4 Å². The summed E-state index contributed by atoms with van der Waals surface area (Å²) >= 11 is 5.84. The molecule has 0 saturated carbocycles. The molecule has 1 aromatic rings. The topological polar surface area (TPSA) is 62.5 Å². The van der Waals surface area contributed by atoms with E-state index in [1.807, 2.05) is 4.90 Å². The number of nitrogens with zero attached hydrogens (tertiary/aromatic N) is 3. The van der Waals surface area contributed by atoms with Gasteiger partial charge in [0.05, 0.1) is 0 Å². The highest BCUT2D eigenvalue weighted by Gasteiger charge is 2.27. The highest BCUT2D eigenvalue weighted by molar-refractivity contribution is 6.29. The van der Waals surface area contributed by atoms with Gasteiger partial charge >= 0.3 is 0 Å². The van der Waals surface area contributed by atoms with Crippen LogP contribution >= 0.6 is 11.6 Å². The number of aromatic nitrogens is 1. The number of anilines is 1. The van der Waals surface area contributed by atoms with Gasteiger partial charge in [0.25, 0.3) is 5.91 Å². The number of amides is 1. The van der Waals surface area contributed by atoms with Gasteiger partial charge in [0, 0.05) is 31.2 Å². The number of rotatable bonds is 2. The summed E-state index contributed by atoms with van der Waals surface area (Å²) in [5, 5.41) is 0.254. The smallest absolute Gasteiger partial charge is 0.254 e. The van der Waals surface area contributed by atoms with Crippen LogP contribution in [0.4, 0.5) is 5.82 Å². The van der Waals surface area contributed by atoms with Crippen molar-refractivity contribution in [2.24, 2.45) is 0 Å². The first-order chi connectivity index (χ1) is 9.01. The van der Waals surface area contributed by atoms with E-state index in [-0.39, 0.29) is 16.9 Å². The number of hydrogen-bond donors (Lipinski definition) is 1. The Morgan fingerprint density at radius 2 is 2.26 bits per heavy atom. The van der Waals surface area contributed by atoms with E-state index >= 15 is 0 Å². The maximum absolute atomic E-state index is 12.4. The average molecular weight is 283 g/mol. The molecule has 0 aromatic carbocycles. The van der Waals surface area contributed by atoms with Crippen LogP contribution in [0.15, 0.2) is 12.1 Å². The van der Waals surface area contributed by atoms with E-state index in [2.05, 4.69) is 23.9 Å². The van der Waals surface area contributed by atoms with E-state index in [0.29, 0.717) is 11.6 Å². The SMILES string of the molecule is CCC1CN(C(=O)c2cc(N)nc(Cl)c2)CCN1C. The summed E-state index contributed by atoms with van der Waals surface area (Å²) in [4.78, 5) is 20.5. The average Bonchev–Trinajstić information content (AvgIpc) is 2.37. The number of likely N-dealkylation sites (N-methyl/N-ethyl adjacent to an activating group) is 1. The van der Waals surface area contributed by atoms with Crippen LogP contribution in [0.2, 0.25) is 5.15 Å². The second-order valence-electron chi connectivity index (χ2n) is 4.90. The summed E-state index contributed by atoms with van der Waals surface area (Å²) in [5.41, 5.74) is 6.14. The zero-order valence-corrected chi connectivity index (χ0v) is 12.0. The second kappa shape index (κ2) is 5.75. The van der Waals surface area contributed by atoms with Gasteiger partial charge in [-0.05, 0) is 25.6 Å². The van der Waals surface area contributed by atoms with Gasteiger partial charge in [-0.3, -0.25) is 9.69 Å². The van der Waals surface area contributed by atoms with Gasteiger partial charge in [0.1, 0.15) is 11.0 Å². The molecule has 1 aliphatic heterocycles. The van der Waals surface area contributed by atoms with Crippen LogP contribution in [0, 0.1) is 0 Å². The molecule has 1 unspecified atom stereocenters. The standard InChI is InChI=1S/C13H19ClN4O/c1-3-10-8-18(5-4-17(10)2)13(19)9-6-11(14)16-12(15)7-9/h6-7,10H,3-5,8H2,1-2H3,(H2,15,16). The maximum atomic E-state index is 12.4. The number of nitrogens with two attached hydrogens (primary N) is 1. The molecule has 2 heterocycles. The Hall–Kier alpha value is -1.33. The molecule has 0 bridgehead atoms. The third-order valence-corrected chi connectivity index (χ3v) is 3.79. The van der Waals surface area contributed by atoms with E-state index in [1.165, 1.54) is 0 Å². The van der Waals surface area contributed by atoms with Gasteiger partial charge in [-0.15, -0.1) is 0 Å². The van der Waals surface area contributed by atoms with Crippen molar-refractivity contribution in [1.82, 2.24) is 14.8 Å². The Labute approximate surface area is 118 Å². The van der Waals surface area contributed by atoms with Gasteiger partial charge < -0.3 is 10.6 Å². The number of hydrogen-bond acceptors (Lipinski definition) is 4. The quantitative estimate of drug-likeness (QED) is 0.835. The van der Waals surface area contributed by atoms with Crippen LogP contribution in [-0.4, -0.2) is 53.4 Å². The molecule has 6 heteroatoms. The highest BCUT2D eigenvalue weighted by atomic mass is 35.5. The third-order valence-electron chi connectivity index (χ3n) is 3.60. The summed E-state index contributed by atoms with van der Waals surface area (Å²) in [6.45, 7) is 4.49. The fraction of sp³-hybridized carbons (Fsp3) is 0.538. The Bertz CT molecular complexity index is 459. The number of carbonyl (C=O) groups excluding carboxylic acids is 1. The van der Waals surface area contributed by atoms with Crippen molar-refractivity contribution in [1.29, 1.82) is 0 Å². The van der Waals surface area contributed by atoms with Crippen molar-refractivity contribution in [2.45, 2.75) is 19.4 Å². The predicted octanol–water partition coefficient (Wildman–Crippen LogP) is 1.48. The fourth-order valence-corrected chi connectivity index (χ4v) is 2.61. The van der Waals surface area contributed by atoms with Crippen LogP contribution in [0.5, 0.6) is 0 Å². The van der Waals surface area contributed by atoms with Gasteiger partial charge in [0.2, 0.25) is 0 Å². The number of nitrogen functional groups attached to an aromatic ring is 1. The molecule has 1 saturated heterocycles. The number of carbonyl (C=O) groups is 1. The van der Waals surface area contributed by atoms with Crippen LogP contribution in [0.25, 0.3) is 0 Å². The third kappa shape index (κ3) is 3.16. The lowest BCUT2D eigenvalue weighted by Gasteiger charge is -2.39. The fourth-order valence-electron chi connectivity index (χ4n) is 2.39. The Morgan fingerprint density at radius 3 is 2.89 bits per heavy atom. The Balaban J connectivity index is 2.15. The van der Waals surface area contributed by atoms with E-state index in [1.54, 1.807) is 12.1 Å². The zero-order chi connectivity index (χ0) is 14.0. The summed E-state index contributed by atoms with van der Waals surface area (Å²) in [7, 11) is 2.09. The highest BCUT2D eigenvalue weighted by Crippen LogP contribution is 2.17. The molecule has 1 atom stereocenters. The number of piperazine rings is 1. The lowest BCUT2D eigenvalue weighted by Crippen LogP contribution is -2.52. The van der Waals surface area contributed by atoms with E-state index < -0.39 is 0 Å². The summed E-state index contributed by atoms with van der Waals surface area (Å²) < 4.78 is 0. The minimum Gasteiger partial charge on any atom is -0.384 e. The predicted molar refractivity (Wildman–Crippen MR) is 76.3 cm³/mol. The number of halogens is 1. The molecule has 2 rings (SSSR count). The largest absolute Gasteiger partial charge is 0.384 e. The molecule has 1 amide bonds. The molecule has 1 aromatic heterocycles. The monoisotopic (exact) mass is 282 g/mol. The van der Waals surface area contributed by atoms with Crippen molar-refractivity contribution in [3.05, 3.63) is 22.8 Å². The van der Waals surface area contributed by atoms with E-state index in [9.17, 15) is 4.79 Å². The molecule has 1 aliphatic rings. The molecule has 104 valence electrons. The van der Waals surface area contributed by atoms with Crippen molar-refractivity contribution < 1.29 is 4.79 Å². The summed E-state index contributed by atoms with van der Waals surface area (Å²) in [6, 6.07) is 3.56. The van der Waals surface area contributed by atoms with Crippen molar-refractivity contribution in [3.8, 4) is 0 Å². The molecule has 0 radical (unpaired) electrons. The van der Waals surface area contributed by atoms with Crippen molar-refractivity contribution in [3.63, 3.8) is 0 Å². The summed E-state index contributed by atoms with van der Waals surface area (Å²) in [5.74, 6) is 0.250. The van der Waals surface area contributed by atoms with Crippen LogP contribution in [0.3, 0.4) is 0 Å². The van der Waals surface area contributed by atoms with Crippen LogP contribution in [-0.2, 0) is 0 Å². The minimum atomic E-state index is -0.0254. The molecular formula is C13H19ClN4O. The van der Waals surface area contributed by atoms with Crippen LogP contribution in [0.1, 0.15) is 23.7 Å². The molecule has 0 aliphatic carbocycles. The van der Waals surface area contributed by atoms with Crippen LogP contribution < -0.4 is 5.73 Å². The maximum Gasteiger partial charge on any atom is 0.254 e. The molecule has 2 N–H and O–H groups in total. The van der Waals surface area contributed by atoms with E-state index in [4.69, 9.17) is 17.3 Å². The van der Waals surface area contributed by atoms with Gasteiger partial charge in [-0.1, -0.05) is 18.5 Å². The molecule has 19 heavy (non-hydrogen) atoms. The molecule has 1 fully saturated rings. The summed E-state index contributed by atoms with van der Waals surface area (Å²) in [6.07, 6.45) is 1.03. The Kier molecular flexibility index (Phi) is 4.27. The second-order valence-corrected chi connectivity index (χ2v) is 5.28. The normalized spacial score (nSPS) is 20.6. The molecule has 5 nitrogen and oxygen atoms in total. The molecule has 0 spiro atoms. The lowest BCUT2D eigenvalue weighted by atomic mass is 10.1. The zero-order valence-electron chi connectivity index (χ0n) is 11.3. The Morgan fingerprint density at radius 1 is 1.53 bits per heavy atom.